The number of alkyl halides is 1. The summed E-state index contributed by atoms with van der Waals surface area (Å²) in [5, 5.41) is -0.593. The maximum atomic E-state index is 6.01. The van der Waals surface area contributed by atoms with Crippen LogP contribution >= 0.6 is 35.3 Å². The second-order valence-electron chi connectivity index (χ2n) is 2.06. The van der Waals surface area contributed by atoms with Crippen molar-refractivity contribution in [2.24, 2.45) is 10.7 Å². The molecule has 0 spiro atoms. The number of nitrogens with two attached hydrogens (primary N) is 1. The molecule has 1 rings (SSSR count). The fourth-order valence-electron chi connectivity index (χ4n) is 0.610. The van der Waals surface area contributed by atoms with Crippen molar-refractivity contribution >= 4 is 40.9 Å². The van der Waals surface area contributed by atoms with E-state index in [1.54, 1.807) is 17.3 Å². The van der Waals surface area contributed by atoms with Crippen LogP contribution in [0, 0.1) is 0 Å². The van der Waals surface area contributed by atoms with Crippen molar-refractivity contribution in [3.63, 3.8) is 0 Å². The molecule has 0 bridgehead atoms. The third-order valence-corrected chi connectivity index (χ3v) is 3.49. The smallest absolute Gasteiger partial charge is 0.205 e. The van der Waals surface area contributed by atoms with Crippen molar-refractivity contribution < 1.29 is 0 Å². The lowest BCUT2D eigenvalue weighted by Crippen LogP contribution is -2.32. The predicted octanol–water partition coefficient (Wildman–Crippen LogP) is 0.851. The molecule has 1 atom stereocenters. The lowest BCUT2D eigenvalue weighted by Gasteiger charge is -2.16. The van der Waals surface area contributed by atoms with Gasteiger partial charge < -0.3 is 5.73 Å². The van der Waals surface area contributed by atoms with Crippen molar-refractivity contribution in [1.82, 2.24) is 4.72 Å². The Hall–Kier alpha value is 0.580. The summed E-state index contributed by atoms with van der Waals surface area (Å²) in [5.74, 6) is 1.69. The molecule has 3 nitrogen and oxygen atoms in total. The molecular formula is C5H10ClN3S2. The van der Waals surface area contributed by atoms with Crippen LogP contribution in [0.5, 0.6) is 0 Å². The summed E-state index contributed by atoms with van der Waals surface area (Å²) in [7, 11) is 0. The number of rotatable bonds is 4. The second kappa shape index (κ2) is 4.57. The molecule has 0 aliphatic carbocycles. The summed E-state index contributed by atoms with van der Waals surface area (Å²) in [6.07, 6.45) is 0. The SMILES string of the molecule is NCCSCC1(Cl)N=CSN1. The first-order valence-corrected chi connectivity index (χ1v) is 5.61. The molecule has 0 aromatic carbocycles. The van der Waals surface area contributed by atoms with Crippen molar-refractivity contribution in [1.29, 1.82) is 0 Å². The Morgan fingerprint density at radius 2 is 2.64 bits per heavy atom. The highest BCUT2D eigenvalue weighted by Crippen LogP contribution is 2.25. The topological polar surface area (TPSA) is 50.4 Å². The molecule has 0 saturated heterocycles. The maximum absolute atomic E-state index is 6.01. The van der Waals surface area contributed by atoms with Crippen molar-refractivity contribution in [2.45, 2.75) is 5.12 Å². The molecule has 0 amide bonds. The van der Waals surface area contributed by atoms with E-state index in [1.165, 1.54) is 11.9 Å². The minimum Gasteiger partial charge on any atom is -0.330 e. The van der Waals surface area contributed by atoms with Crippen LogP contribution in [0.4, 0.5) is 0 Å². The van der Waals surface area contributed by atoms with Gasteiger partial charge >= 0.3 is 0 Å². The van der Waals surface area contributed by atoms with Gasteiger partial charge in [0.15, 0.2) is 0 Å². The third-order valence-electron chi connectivity index (χ3n) is 1.08. The molecule has 1 heterocycles. The summed E-state index contributed by atoms with van der Waals surface area (Å²) in [5.41, 5.74) is 7.05. The quantitative estimate of drug-likeness (QED) is 0.313. The highest BCUT2D eigenvalue weighted by molar-refractivity contribution is 8.10. The molecule has 0 aromatic rings. The van der Waals surface area contributed by atoms with Gasteiger partial charge in [0, 0.05) is 18.1 Å². The van der Waals surface area contributed by atoms with Crippen LogP contribution in [0.1, 0.15) is 0 Å². The molecule has 0 saturated carbocycles. The Bertz CT molecular complexity index is 155. The fraction of sp³-hybridized carbons (Fsp3) is 0.800. The number of aliphatic imine (C=N–C) groups is 1. The van der Waals surface area contributed by atoms with Gasteiger partial charge in [-0.25, -0.2) is 9.71 Å². The lowest BCUT2D eigenvalue weighted by atomic mass is 10.6. The van der Waals surface area contributed by atoms with Crippen molar-refractivity contribution in [2.75, 3.05) is 18.1 Å². The Labute approximate surface area is 79.7 Å². The number of nitrogens with zero attached hydrogens (tertiary/aromatic N) is 1. The third kappa shape index (κ3) is 3.21. The zero-order chi connectivity index (χ0) is 8.16. The zero-order valence-electron chi connectivity index (χ0n) is 5.92. The van der Waals surface area contributed by atoms with E-state index in [-0.39, 0.29) is 0 Å². The molecule has 1 aliphatic heterocycles. The van der Waals surface area contributed by atoms with E-state index in [0.717, 1.165) is 11.5 Å². The van der Waals surface area contributed by atoms with Gasteiger partial charge in [0.05, 0.1) is 5.55 Å². The highest BCUT2D eigenvalue weighted by atomic mass is 35.5. The normalized spacial score (nSPS) is 29.6. The number of hydrogen-bond donors (Lipinski definition) is 2. The monoisotopic (exact) mass is 211 g/mol. The first-order chi connectivity index (χ1) is 5.27. The van der Waals surface area contributed by atoms with E-state index < -0.39 is 5.12 Å². The van der Waals surface area contributed by atoms with Gasteiger partial charge in [-0.05, 0) is 11.9 Å². The van der Waals surface area contributed by atoms with Crippen LogP contribution in [-0.4, -0.2) is 28.7 Å². The van der Waals surface area contributed by atoms with Gasteiger partial charge in [-0.15, -0.1) is 0 Å². The van der Waals surface area contributed by atoms with Gasteiger partial charge in [0.25, 0.3) is 0 Å². The molecule has 0 radical (unpaired) electrons. The van der Waals surface area contributed by atoms with E-state index in [1.807, 2.05) is 0 Å². The van der Waals surface area contributed by atoms with Gasteiger partial charge in [-0.1, -0.05) is 11.6 Å². The van der Waals surface area contributed by atoms with Gasteiger partial charge in [0.2, 0.25) is 5.12 Å². The standard InChI is InChI=1S/C5H10ClN3S2/c6-5(3-10-2-1-7)8-4-11-9-5/h4,9H,1-3,7H2. The molecule has 64 valence electrons. The van der Waals surface area contributed by atoms with E-state index in [0.29, 0.717) is 6.54 Å². The van der Waals surface area contributed by atoms with E-state index >= 15 is 0 Å². The van der Waals surface area contributed by atoms with Crippen LogP contribution in [0.25, 0.3) is 0 Å². The van der Waals surface area contributed by atoms with E-state index in [9.17, 15) is 0 Å². The second-order valence-corrected chi connectivity index (χ2v) is 4.44. The zero-order valence-corrected chi connectivity index (χ0v) is 8.31. The highest BCUT2D eigenvalue weighted by Gasteiger charge is 2.28. The van der Waals surface area contributed by atoms with E-state index in [2.05, 4.69) is 9.71 Å². The number of thioether (sulfide) groups is 1. The molecule has 0 fully saturated rings. The van der Waals surface area contributed by atoms with Gasteiger partial charge in [0.1, 0.15) is 0 Å². The van der Waals surface area contributed by atoms with Crippen LogP contribution < -0.4 is 10.5 Å². The molecule has 3 N–H and O–H groups in total. The molecule has 0 aromatic heterocycles. The first-order valence-electron chi connectivity index (χ1n) is 3.20. The Balaban J connectivity index is 2.18. The summed E-state index contributed by atoms with van der Waals surface area (Å²) in [4.78, 5) is 4.07. The van der Waals surface area contributed by atoms with Crippen molar-refractivity contribution in [3.05, 3.63) is 0 Å². The van der Waals surface area contributed by atoms with Gasteiger partial charge in [-0.2, -0.15) is 11.8 Å². The van der Waals surface area contributed by atoms with Crippen LogP contribution in [0.3, 0.4) is 0 Å². The maximum Gasteiger partial charge on any atom is 0.205 e. The molecule has 11 heavy (non-hydrogen) atoms. The Morgan fingerprint density at radius 3 is 3.18 bits per heavy atom. The van der Waals surface area contributed by atoms with Crippen LogP contribution in [0.15, 0.2) is 4.99 Å². The largest absolute Gasteiger partial charge is 0.330 e. The van der Waals surface area contributed by atoms with E-state index in [4.69, 9.17) is 17.3 Å². The average Bonchev–Trinajstić information content (AvgIpc) is 2.38. The molecule has 6 heteroatoms. The molecular weight excluding hydrogens is 202 g/mol. The lowest BCUT2D eigenvalue weighted by molar-refractivity contribution is 0.680. The molecule has 1 aliphatic rings. The summed E-state index contributed by atoms with van der Waals surface area (Å²) >= 11 is 9.14. The number of nitrogens with one attached hydrogen (secondary N) is 1. The minimum absolute atomic E-state index is 0.593. The summed E-state index contributed by atoms with van der Waals surface area (Å²) < 4.78 is 2.99. The van der Waals surface area contributed by atoms with Crippen LogP contribution in [-0.2, 0) is 0 Å². The van der Waals surface area contributed by atoms with Crippen molar-refractivity contribution in [3.8, 4) is 0 Å². The number of hydrogen-bond acceptors (Lipinski definition) is 5. The fourth-order valence-corrected chi connectivity index (χ4v) is 2.49. The van der Waals surface area contributed by atoms with Crippen LogP contribution in [0.2, 0.25) is 0 Å². The predicted molar refractivity (Wildman–Crippen MR) is 54.2 cm³/mol. The first kappa shape index (κ1) is 9.67. The summed E-state index contributed by atoms with van der Waals surface area (Å²) in [6, 6.07) is 0. The Morgan fingerprint density at radius 1 is 1.82 bits per heavy atom. The average molecular weight is 212 g/mol. The van der Waals surface area contributed by atoms with Gasteiger partial charge in [-0.3, -0.25) is 0 Å². The Kier molecular flexibility index (Phi) is 4.01. The minimum atomic E-state index is -0.593. The summed E-state index contributed by atoms with van der Waals surface area (Å²) in [6.45, 7) is 0.689. The number of halogens is 1. The molecule has 1 unspecified atom stereocenters.